The van der Waals surface area contributed by atoms with Gasteiger partial charge in [0.15, 0.2) is 11.5 Å². The first-order valence-electron chi connectivity index (χ1n) is 8.97. The van der Waals surface area contributed by atoms with Crippen molar-refractivity contribution in [2.45, 2.75) is 33.4 Å². The summed E-state index contributed by atoms with van der Waals surface area (Å²) < 4.78 is 10.7. The van der Waals surface area contributed by atoms with Crippen molar-refractivity contribution in [3.8, 4) is 11.5 Å². The van der Waals surface area contributed by atoms with E-state index < -0.39 is 0 Å². The maximum absolute atomic E-state index is 12.1. The zero-order chi connectivity index (χ0) is 19.2. The molecule has 0 atom stereocenters. The molecule has 0 unspecified atom stereocenters. The second-order valence-corrected chi connectivity index (χ2v) is 6.64. The summed E-state index contributed by atoms with van der Waals surface area (Å²) in [6.45, 7) is 5.03. The van der Waals surface area contributed by atoms with Gasteiger partial charge in [0.05, 0.1) is 0 Å². The second-order valence-electron chi connectivity index (χ2n) is 6.64. The summed E-state index contributed by atoms with van der Waals surface area (Å²) in [5.74, 6) is 1.25. The first-order valence-corrected chi connectivity index (χ1v) is 8.97. The molecule has 2 aromatic rings. The molecule has 1 aliphatic rings. The molecule has 6 heteroatoms. The molecule has 2 aromatic carbocycles. The molecule has 0 aromatic heterocycles. The van der Waals surface area contributed by atoms with Gasteiger partial charge in [0.25, 0.3) is 0 Å². The Balaban J connectivity index is 1.50. The first kappa shape index (κ1) is 18.8. The Hall–Kier alpha value is -3.02. The van der Waals surface area contributed by atoms with Crippen molar-refractivity contribution in [3.63, 3.8) is 0 Å². The Morgan fingerprint density at radius 1 is 1.07 bits per heavy atom. The standard InChI is InChI=1S/C21H24N2O4/c1-15-4-3-5-17(10-15)12-22-21(25)8-9-23(16(2)24)13-18-6-7-19-20(11-18)27-14-26-19/h3-7,10-11H,8-9,12-14H2,1-2H3,(H,22,25). The molecule has 2 amide bonds. The van der Waals surface area contributed by atoms with Crippen LogP contribution < -0.4 is 14.8 Å². The molecule has 0 bridgehead atoms. The van der Waals surface area contributed by atoms with Gasteiger partial charge in [0, 0.05) is 33.0 Å². The molecule has 6 nitrogen and oxygen atoms in total. The van der Waals surface area contributed by atoms with Gasteiger partial charge < -0.3 is 19.7 Å². The summed E-state index contributed by atoms with van der Waals surface area (Å²) >= 11 is 0. The number of benzene rings is 2. The first-order chi connectivity index (χ1) is 13.0. The van der Waals surface area contributed by atoms with Crippen molar-refractivity contribution in [2.75, 3.05) is 13.3 Å². The largest absolute Gasteiger partial charge is 0.454 e. The Morgan fingerprint density at radius 3 is 2.67 bits per heavy atom. The van der Waals surface area contributed by atoms with Crippen LogP contribution in [0.3, 0.4) is 0 Å². The molecule has 0 aliphatic carbocycles. The van der Waals surface area contributed by atoms with Crippen molar-refractivity contribution in [1.82, 2.24) is 10.2 Å². The second kappa shape index (κ2) is 8.58. The van der Waals surface area contributed by atoms with Crippen molar-refractivity contribution in [1.29, 1.82) is 0 Å². The van der Waals surface area contributed by atoms with Crippen LogP contribution in [0.4, 0.5) is 0 Å². The predicted octanol–water partition coefficient (Wildman–Crippen LogP) is 2.78. The number of amides is 2. The summed E-state index contributed by atoms with van der Waals surface area (Å²) in [7, 11) is 0. The third kappa shape index (κ3) is 5.23. The van der Waals surface area contributed by atoms with E-state index in [0.29, 0.717) is 31.1 Å². The Kier molecular flexibility index (Phi) is 5.96. The van der Waals surface area contributed by atoms with E-state index in [1.54, 1.807) is 4.90 Å². The average molecular weight is 368 g/mol. The summed E-state index contributed by atoms with van der Waals surface area (Å²) in [4.78, 5) is 25.8. The van der Waals surface area contributed by atoms with Crippen LogP contribution >= 0.6 is 0 Å². The number of hydrogen-bond donors (Lipinski definition) is 1. The van der Waals surface area contributed by atoms with Crippen LogP contribution in [0.15, 0.2) is 42.5 Å². The van der Waals surface area contributed by atoms with E-state index in [9.17, 15) is 9.59 Å². The molecule has 1 N–H and O–H groups in total. The third-order valence-electron chi connectivity index (χ3n) is 4.44. The number of fused-ring (bicyclic) bond motifs is 1. The molecule has 27 heavy (non-hydrogen) atoms. The van der Waals surface area contributed by atoms with Gasteiger partial charge in [0.1, 0.15) is 0 Å². The van der Waals surface area contributed by atoms with Crippen LogP contribution in [0.1, 0.15) is 30.0 Å². The van der Waals surface area contributed by atoms with Gasteiger partial charge in [0.2, 0.25) is 18.6 Å². The van der Waals surface area contributed by atoms with Crippen LogP contribution in [0.5, 0.6) is 11.5 Å². The van der Waals surface area contributed by atoms with Gasteiger partial charge >= 0.3 is 0 Å². The van der Waals surface area contributed by atoms with Gasteiger partial charge in [-0.1, -0.05) is 35.9 Å². The molecule has 0 radical (unpaired) electrons. The van der Waals surface area contributed by atoms with Crippen molar-refractivity contribution < 1.29 is 19.1 Å². The highest BCUT2D eigenvalue weighted by Crippen LogP contribution is 2.32. The lowest BCUT2D eigenvalue weighted by Crippen LogP contribution is -2.33. The van der Waals surface area contributed by atoms with Crippen LogP contribution in [0.25, 0.3) is 0 Å². The van der Waals surface area contributed by atoms with E-state index in [2.05, 4.69) is 5.32 Å². The molecule has 0 fully saturated rings. The lowest BCUT2D eigenvalue weighted by atomic mass is 10.1. The number of ether oxygens (including phenoxy) is 2. The highest BCUT2D eigenvalue weighted by Gasteiger charge is 2.16. The lowest BCUT2D eigenvalue weighted by Gasteiger charge is -2.21. The van der Waals surface area contributed by atoms with E-state index >= 15 is 0 Å². The predicted molar refractivity (Wildman–Crippen MR) is 101 cm³/mol. The molecule has 0 saturated heterocycles. The molecule has 0 saturated carbocycles. The van der Waals surface area contributed by atoms with Gasteiger partial charge in [-0.3, -0.25) is 9.59 Å². The topological polar surface area (TPSA) is 67.9 Å². The van der Waals surface area contributed by atoms with E-state index in [0.717, 1.165) is 16.7 Å². The number of carbonyl (C=O) groups excluding carboxylic acids is 2. The van der Waals surface area contributed by atoms with Crippen LogP contribution in [0.2, 0.25) is 0 Å². The fourth-order valence-corrected chi connectivity index (χ4v) is 2.96. The summed E-state index contributed by atoms with van der Waals surface area (Å²) in [5.41, 5.74) is 3.16. The van der Waals surface area contributed by atoms with E-state index in [-0.39, 0.29) is 25.0 Å². The van der Waals surface area contributed by atoms with E-state index in [1.807, 2.05) is 49.4 Å². The van der Waals surface area contributed by atoms with Crippen molar-refractivity contribution in [2.24, 2.45) is 0 Å². The normalized spacial score (nSPS) is 11.9. The van der Waals surface area contributed by atoms with Gasteiger partial charge in [-0.2, -0.15) is 0 Å². The number of aryl methyl sites for hydroxylation is 1. The number of nitrogens with one attached hydrogen (secondary N) is 1. The number of carbonyl (C=O) groups is 2. The summed E-state index contributed by atoms with van der Waals surface area (Å²) in [5, 5.41) is 2.90. The monoisotopic (exact) mass is 368 g/mol. The Labute approximate surface area is 159 Å². The minimum absolute atomic E-state index is 0.0702. The van der Waals surface area contributed by atoms with Crippen molar-refractivity contribution >= 4 is 11.8 Å². The molecule has 1 aliphatic heterocycles. The van der Waals surface area contributed by atoms with E-state index in [1.165, 1.54) is 6.92 Å². The zero-order valence-electron chi connectivity index (χ0n) is 15.7. The highest BCUT2D eigenvalue weighted by atomic mass is 16.7. The molecule has 1 heterocycles. The molecule has 142 valence electrons. The maximum Gasteiger partial charge on any atom is 0.231 e. The SMILES string of the molecule is CC(=O)N(CCC(=O)NCc1cccc(C)c1)Cc1ccc2c(c1)OCO2. The molecular formula is C21H24N2O4. The van der Waals surface area contributed by atoms with Gasteiger partial charge in [-0.25, -0.2) is 0 Å². The number of nitrogens with zero attached hydrogens (tertiary/aromatic N) is 1. The van der Waals surface area contributed by atoms with Crippen LogP contribution in [-0.2, 0) is 22.7 Å². The minimum atomic E-state index is -0.0755. The summed E-state index contributed by atoms with van der Waals surface area (Å²) in [6, 6.07) is 13.6. The zero-order valence-corrected chi connectivity index (χ0v) is 15.7. The van der Waals surface area contributed by atoms with Crippen LogP contribution in [-0.4, -0.2) is 30.1 Å². The van der Waals surface area contributed by atoms with Gasteiger partial charge in [-0.05, 0) is 30.2 Å². The fraction of sp³-hybridized carbons (Fsp3) is 0.333. The number of rotatable bonds is 7. The summed E-state index contributed by atoms with van der Waals surface area (Å²) in [6.07, 6.45) is 0.260. The Bertz CT molecular complexity index is 835. The maximum atomic E-state index is 12.1. The van der Waals surface area contributed by atoms with E-state index in [4.69, 9.17) is 9.47 Å². The van der Waals surface area contributed by atoms with Gasteiger partial charge in [-0.15, -0.1) is 0 Å². The van der Waals surface area contributed by atoms with Crippen molar-refractivity contribution in [3.05, 3.63) is 59.2 Å². The smallest absolute Gasteiger partial charge is 0.231 e. The molecule has 0 spiro atoms. The fourth-order valence-electron chi connectivity index (χ4n) is 2.96. The van der Waals surface area contributed by atoms with Crippen LogP contribution in [0, 0.1) is 6.92 Å². The third-order valence-corrected chi connectivity index (χ3v) is 4.44. The molecule has 3 rings (SSSR count). The average Bonchev–Trinajstić information content (AvgIpc) is 3.11. The molecular weight excluding hydrogens is 344 g/mol. The Morgan fingerprint density at radius 2 is 1.89 bits per heavy atom. The highest BCUT2D eigenvalue weighted by molar-refractivity contribution is 5.78. The lowest BCUT2D eigenvalue weighted by molar-refractivity contribution is -0.130. The minimum Gasteiger partial charge on any atom is -0.454 e. The quantitative estimate of drug-likeness (QED) is 0.816. The number of hydrogen-bond acceptors (Lipinski definition) is 4.